The number of halogens is 3. The van der Waals surface area contributed by atoms with Crippen LogP contribution in [-0.2, 0) is 32.8 Å². The Morgan fingerprint density at radius 2 is 1.94 bits per heavy atom. The molecule has 1 saturated heterocycles. The van der Waals surface area contributed by atoms with Crippen molar-refractivity contribution in [3.8, 4) is 0 Å². The van der Waals surface area contributed by atoms with Gasteiger partial charge in [-0.25, -0.2) is 8.78 Å². The Balaban J connectivity index is 1.45. The van der Waals surface area contributed by atoms with Gasteiger partial charge in [-0.3, -0.25) is 4.79 Å². The zero-order chi connectivity index (χ0) is 23.9. The number of carbonyl (C=O) groups is 1. The zero-order valence-electron chi connectivity index (χ0n) is 19.2. The number of ether oxygens (including phenoxy) is 2. The van der Waals surface area contributed by atoms with E-state index in [0.717, 1.165) is 36.5 Å². The summed E-state index contributed by atoms with van der Waals surface area (Å²) in [5, 5.41) is 3.87. The van der Waals surface area contributed by atoms with Gasteiger partial charge in [0.15, 0.2) is 17.7 Å². The molecule has 2 heterocycles. The van der Waals surface area contributed by atoms with Gasteiger partial charge in [0.25, 0.3) is 5.91 Å². The smallest absolute Gasteiger partial charge is 0.256 e. The lowest BCUT2D eigenvalue weighted by atomic mass is 9.84. The molecule has 182 valence electrons. The molecule has 2 aliphatic heterocycles. The van der Waals surface area contributed by atoms with E-state index in [1.165, 1.54) is 6.07 Å². The predicted octanol–water partition coefficient (Wildman–Crippen LogP) is 4.65. The Bertz CT molecular complexity index is 1090. The summed E-state index contributed by atoms with van der Waals surface area (Å²) < 4.78 is 40.1. The van der Waals surface area contributed by atoms with E-state index < -0.39 is 23.3 Å². The fourth-order valence-corrected chi connectivity index (χ4v) is 5.34. The average Bonchev–Trinajstić information content (AvgIpc) is 3.64. The van der Waals surface area contributed by atoms with Gasteiger partial charge in [-0.15, -0.1) is 0 Å². The van der Waals surface area contributed by atoms with Crippen LogP contribution in [0, 0.1) is 11.6 Å². The number of hydrogen-bond acceptors (Lipinski definition) is 4. The summed E-state index contributed by atoms with van der Waals surface area (Å²) >= 11 is 6.50. The summed E-state index contributed by atoms with van der Waals surface area (Å²) in [6.45, 7) is 2.32. The molecule has 1 saturated carbocycles. The van der Waals surface area contributed by atoms with Gasteiger partial charge in [0.2, 0.25) is 0 Å². The van der Waals surface area contributed by atoms with E-state index in [2.05, 4.69) is 5.32 Å². The van der Waals surface area contributed by atoms with Crippen LogP contribution >= 0.6 is 11.6 Å². The highest BCUT2D eigenvalue weighted by Gasteiger charge is 2.50. The molecule has 1 unspecified atom stereocenters. The van der Waals surface area contributed by atoms with Gasteiger partial charge >= 0.3 is 0 Å². The molecule has 1 atom stereocenters. The number of piperidine rings is 1. The lowest BCUT2D eigenvalue weighted by molar-refractivity contribution is -0.159. The number of benzene rings is 2. The number of carbonyl (C=O) groups excluding carboxylic acids is 1. The van der Waals surface area contributed by atoms with Crippen molar-refractivity contribution in [1.82, 2.24) is 10.2 Å². The van der Waals surface area contributed by atoms with Gasteiger partial charge in [-0.05, 0) is 85.6 Å². The monoisotopic (exact) mass is 490 g/mol. The van der Waals surface area contributed by atoms with E-state index in [1.807, 2.05) is 18.2 Å². The summed E-state index contributed by atoms with van der Waals surface area (Å²) in [5.41, 5.74) is 2.20. The van der Waals surface area contributed by atoms with Crippen LogP contribution in [-0.4, -0.2) is 43.7 Å². The summed E-state index contributed by atoms with van der Waals surface area (Å²) in [7, 11) is 1.66. The van der Waals surface area contributed by atoms with Crippen molar-refractivity contribution in [3.05, 3.63) is 69.2 Å². The lowest BCUT2D eigenvalue weighted by Crippen LogP contribution is -2.41. The highest BCUT2D eigenvalue weighted by molar-refractivity contribution is 6.31. The maximum atomic E-state index is 14.3. The van der Waals surface area contributed by atoms with E-state index in [0.29, 0.717) is 55.2 Å². The number of rotatable bonds is 7. The van der Waals surface area contributed by atoms with E-state index in [4.69, 9.17) is 21.1 Å². The first kappa shape index (κ1) is 23.7. The van der Waals surface area contributed by atoms with Crippen molar-refractivity contribution in [1.29, 1.82) is 0 Å². The number of fused-ring (bicyclic) bond motifs is 2. The van der Waals surface area contributed by atoms with Gasteiger partial charge < -0.3 is 19.7 Å². The molecular formula is C26H29ClF2N2O3. The molecule has 2 aromatic rings. The first-order valence-electron chi connectivity index (χ1n) is 11.9. The number of hydrogen-bond donors (Lipinski definition) is 1. The van der Waals surface area contributed by atoms with Gasteiger partial charge in [-0.2, -0.15) is 0 Å². The Hall–Kier alpha value is -2.06. The molecule has 5 rings (SSSR count). The fourth-order valence-electron chi connectivity index (χ4n) is 5.16. The van der Waals surface area contributed by atoms with Crippen LogP contribution in [0.5, 0.6) is 0 Å². The highest BCUT2D eigenvalue weighted by atomic mass is 35.5. The Morgan fingerprint density at radius 3 is 2.65 bits per heavy atom. The second kappa shape index (κ2) is 9.53. The lowest BCUT2D eigenvalue weighted by Gasteiger charge is -2.35. The number of amides is 1. The van der Waals surface area contributed by atoms with E-state index in [-0.39, 0.29) is 11.9 Å². The molecule has 0 radical (unpaired) electrons. The minimum Gasteiger partial charge on any atom is -0.384 e. The molecule has 2 aromatic carbocycles. The van der Waals surface area contributed by atoms with Crippen LogP contribution < -0.4 is 5.32 Å². The maximum absolute atomic E-state index is 14.3. The molecule has 5 nitrogen and oxygen atoms in total. The van der Waals surface area contributed by atoms with Crippen LogP contribution in [0.3, 0.4) is 0 Å². The molecule has 3 aliphatic rings. The van der Waals surface area contributed by atoms with Gasteiger partial charge in [0, 0.05) is 24.7 Å². The minimum atomic E-state index is -0.960. The van der Waals surface area contributed by atoms with Crippen molar-refractivity contribution < 1.29 is 23.0 Å². The Morgan fingerprint density at radius 1 is 1.21 bits per heavy atom. The number of methoxy groups -OCH3 is 1. The molecule has 1 spiro atoms. The van der Waals surface area contributed by atoms with Crippen LogP contribution in [0.1, 0.15) is 54.0 Å². The summed E-state index contributed by atoms with van der Waals surface area (Å²) in [6.07, 6.45) is 2.80. The SMILES string of the molecule is COCCc1ccc(Cl)c(CN(C(=O)C2OC3(CCNCC3)c3cc(F)c(F)cc32)C2CC2)c1. The van der Waals surface area contributed by atoms with Gasteiger partial charge in [-0.1, -0.05) is 23.7 Å². The average molecular weight is 491 g/mol. The van der Waals surface area contributed by atoms with E-state index in [1.54, 1.807) is 12.0 Å². The van der Waals surface area contributed by atoms with E-state index in [9.17, 15) is 13.6 Å². The largest absolute Gasteiger partial charge is 0.384 e. The second-order valence-electron chi connectivity index (χ2n) is 9.46. The molecule has 1 amide bonds. The Kier molecular flexibility index (Phi) is 6.64. The zero-order valence-corrected chi connectivity index (χ0v) is 20.0. The normalized spacial score (nSPS) is 21.0. The van der Waals surface area contributed by atoms with Crippen LogP contribution in [0.4, 0.5) is 8.78 Å². The first-order valence-corrected chi connectivity index (χ1v) is 12.2. The van der Waals surface area contributed by atoms with Crippen molar-refractivity contribution in [2.75, 3.05) is 26.8 Å². The molecule has 0 bridgehead atoms. The quantitative estimate of drug-likeness (QED) is 0.614. The summed E-state index contributed by atoms with van der Waals surface area (Å²) in [5.74, 6) is -2.09. The second-order valence-corrected chi connectivity index (χ2v) is 9.87. The van der Waals surface area contributed by atoms with Crippen molar-refractivity contribution in [2.45, 2.75) is 56.4 Å². The van der Waals surface area contributed by atoms with Gasteiger partial charge in [0.05, 0.1) is 12.2 Å². The van der Waals surface area contributed by atoms with Crippen LogP contribution in [0.15, 0.2) is 30.3 Å². The molecule has 8 heteroatoms. The third kappa shape index (κ3) is 4.47. The maximum Gasteiger partial charge on any atom is 0.256 e. The van der Waals surface area contributed by atoms with Crippen LogP contribution in [0.2, 0.25) is 5.02 Å². The minimum absolute atomic E-state index is 0.0908. The number of nitrogens with one attached hydrogen (secondary N) is 1. The molecule has 2 fully saturated rings. The van der Waals surface area contributed by atoms with Crippen molar-refractivity contribution >= 4 is 17.5 Å². The molecule has 34 heavy (non-hydrogen) atoms. The summed E-state index contributed by atoms with van der Waals surface area (Å²) in [6, 6.07) is 8.28. The van der Waals surface area contributed by atoms with Crippen molar-refractivity contribution in [2.24, 2.45) is 0 Å². The summed E-state index contributed by atoms with van der Waals surface area (Å²) in [4.78, 5) is 15.7. The molecule has 1 N–H and O–H groups in total. The number of nitrogens with zero attached hydrogens (tertiary/aromatic N) is 1. The van der Waals surface area contributed by atoms with Crippen LogP contribution in [0.25, 0.3) is 0 Å². The van der Waals surface area contributed by atoms with Crippen molar-refractivity contribution in [3.63, 3.8) is 0 Å². The molecule has 1 aliphatic carbocycles. The van der Waals surface area contributed by atoms with Gasteiger partial charge in [0.1, 0.15) is 0 Å². The topological polar surface area (TPSA) is 50.8 Å². The molecular weight excluding hydrogens is 462 g/mol. The molecule has 0 aromatic heterocycles. The Labute approximate surface area is 203 Å². The first-order chi connectivity index (χ1) is 16.4. The third-order valence-electron chi connectivity index (χ3n) is 7.16. The highest BCUT2D eigenvalue weighted by Crippen LogP contribution is 2.50. The fraction of sp³-hybridized carbons (Fsp3) is 0.500. The standard InChI is InChI=1S/C26H29ClF2N2O3/c1-33-11-6-16-2-5-21(27)17(12-16)15-31(18-3-4-18)25(32)24-19-13-22(28)23(29)14-20(19)26(34-24)7-9-30-10-8-26/h2,5,12-14,18,24,30H,3-4,6-11,15H2,1H3. The third-order valence-corrected chi connectivity index (χ3v) is 7.53. The van der Waals surface area contributed by atoms with E-state index >= 15 is 0 Å². The predicted molar refractivity (Wildman–Crippen MR) is 125 cm³/mol.